The summed E-state index contributed by atoms with van der Waals surface area (Å²) in [4.78, 5) is 10.7. The third kappa shape index (κ3) is 2.22. The molecule has 1 aromatic carbocycles. The van der Waals surface area contributed by atoms with Gasteiger partial charge in [0.2, 0.25) is 0 Å². The van der Waals surface area contributed by atoms with Crippen LogP contribution in [-0.2, 0) is 0 Å². The van der Waals surface area contributed by atoms with Gasteiger partial charge in [-0.25, -0.2) is 4.79 Å². The summed E-state index contributed by atoms with van der Waals surface area (Å²) in [5.41, 5.74) is 6.88. The molecule has 15 heavy (non-hydrogen) atoms. The lowest BCUT2D eigenvalue weighted by molar-refractivity contribution is 0.0696. The minimum Gasteiger partial charge on any atom is -0.493 e. The van der Waals surface area contributed by atoms with Gasteiger partial charge in [-0.1, -0.05) is 0 Å². The average Bonchev–Trinajstić information content (AvgIpc) is 2.18. The second kappa shape index (κ2) is 4.51. The Hall–Kier alpha value is -1.26. The molecule has 0 saturated carbocycles. The van der Waals surface area contributed by atoms with Crippen LogP contribution in [0.15, 0.2) is 18.2 Å². The number of rotatable bonds is 1. The van der Waals surface area contributed by atoms with Gasteiger partial charge in [0.05, 0.1) is 12.2 Å². The topological polar surface area (TPSA) is 72.5 Å². The Morgan fingerprint density at radius 3 is 2.93 bits per heavy atom. The fourth-order valence-corrected chi connectivity index (χ4v) is 1.55. The summed E-state index contributed by atoms with van der Waals surface area (Å²) in [5, 5.41) is 8.79. The monoisotopic (exact) mass is 229 g/mol. The molecule has 0 aliphatic carbocycles. The number of carboxylic acid groups (broad SMARTS) is 1. The lowest BCUT2D eigenvalue weighted by Crippen LogP contribution is -2.21. The summed E-state index contributed by atoms with van der Waals surface area (Å²) in [6.45, 7) is 0.598. The number of carboxylic acids is 1. The molecule has 0 bridgehead atoms. The van der Waals surface area contributed by atoms with E-state index in [1.165, 1.54) is 6.07 Å². The molecule has 1 aliphatic rings. The van der Waals surface area contributed by atoms with Crippen LogP contribution in [-0.4, -0.2) is 17.7 Å². The summed E-state index contributed by atoms with van der Waals surface area (Å²) in [5.74, 6) is -0.237. The van der Waals surface area contributed by atoms with Crippen LogP contribution in [0.5, 0.6) is 5.75 Å². The van der Waals surface area contributed by atoms with E-state index >= 15 is 0 Å². The molecule has 0 unspecified atom stereocenters. The molecule has 0 saturated heterocycles. The molecule has 2 rings (SSSR count). The first-order chi connectivity index (χ1) is 6.68. The number of hydrogen-bond acceptors (Lipinski definition) is 3. The Morgan fingerprint density at radius 1 is 1.53 bits per heavy atom. The molecule has 1 atom stereocenters. The van der Waals surface area contributed by atoms with Gasteiger partial charge in [0, 0.05) is 18.0 Å². The van der Waals surface area contributed by atoms with Crippen molar-refractivity contribution in [3.8, 4) is 5.75 Å². The van der Waals surface area contributed by atoms with E-state index in [9.17, 15) is 4.79 Å². The normalized spacial score (nSPS) is 18.3. The molecule has 1 aromatic rings. The van der Waals surface area contributed by atoms with Crippen molar-refractivity contribution in [2.45, 2.75) is 12.5 Å². The van der Waals surface area contributed by atoms with E-state index in [4.69, 9.17) is 15.6 Å². The molecule has 1 aliphatic heterocycles. The van der Waals surface area contributed by atoms with Gasteiger partial charge in [-0.3, -0.25) is 0 Å². The highest BCUT2D eigenvalue weighted by Crippen LogP contribution is 2.30. The maximum absolute atomic E-state index is 10.7. The lowest BCUT2D eigenvalue weighted by Gasteiger charge is -2.22. The number of carbonyl (C=O) groups is 1. The molecular weight excluding hydrogens is 218 g/mol. The first-order valence-corrected chi connectivity index (χ1v) is 4.44. The zero-order chi connectivity index (χ0) is 10.1. The first-order valence-electron chi connectivity index (χ1n) is 4.44. The van der Waals surface area contributed by atoms with Gasteiger partial charge in [0.15, 0.2) is 0 Å². The molecule has 1 heterocycles. The van der Waals surface area contributed by atoms with E-state index in [0.717, 1.165) is 12.0 Å². The van der Waals surface area contributed by atoms with Crippen molar-refractivity contribution in [1.29, 1.82) is 0 Å². The van der Waals surface area contributed by atoms with Crippen LogP contribution >= 0.6 is 12.4 Å². The van der Waals surface area contributed by atoms with Crippen molar-refractivity contribution in [3.63, 3.8) is 0 Å². The zero-order valence-corrected chi connectivity index (χ0v) is 8.79. The molecule has 0 fully saturated rings. The third-order valence-corrected chi connectivity index (χ3v) is 2.34. The van der Waals surface area contributed by atoms with E-state index in [-0.39, 0.29) is 24.0 Å². The van der Waals surface area contributed by atoms with Gasteiger partial charge in [0.1, 0.15) is 5.75 Å². The number of aromatic carboxylic acids is 1. The number of halogens is 1. The van der Waals surface area contributed by atoms with Crippen molar-refractivity contribution in [2.24, 2.45) is 5.73 Å². The summed E-state index contributed by atoms with van der Waals surface area (Å²) < 4.78 is 5.36. The van der Waals surface area contributed by atoms with Gasteiger partial charge in [-0.2, -0.15) is 0 Å². The smallest absolute Gasteiger partial charge is 0.335 e. The van der Waals surface area contributed by atoms with Gasteiger partial charge in [-0.15, -0.1) is 12.4 Å². The molecular formula is C10H12ClNO3. The van der Waals surface area contributed by atoms with Crippen LogP contribution < -0.4 is 10.5 Å². The number of fused-ring (bicyclic) bond motifs is 1. The highest BCUT2D eigenvalue weighted by molar-refractivity contribution is 5.88. The highest BCUT2D eigenvalue weighted by atomic mass is 35.5. The number of ether oxygens (including phenoxy) is 1. The van der Waals surface area contributed by atoms with E-state index < -0.39 is 5.97 Å². The molecule has 0 amide bonds. The predicted molar refractivity (Wildman–Crippen MR) is 57.7 cm³/mol. The van der Waals surface area contributed by atoms with Gasteiger partial charge in [-0.05, 0) is 18.2 Å². The Bertz CT molecular complexity index is 381. The number of nitrogens with two attached hydrogens (primary N) is 1. The fraction of sp³-hybridized carbons (Fsp3) is 0.300. The van der Waals surface area contributed by atoms with Gasteiger partial charge >= 0.3 is 5.97 Å². The van der Waals surface area contributed by atoms with E-state index in [1.54, 1.807) is 12.1 Å². The molecule has 82 valence electrons. The number of hydrogen-bond donors (Lipinski definition) is 2. The standard InChI is InChI=1S/C10H11NO3.ClH/c11-8-3-4-14-9-2-1-6(10(12)13)5-7(8)9;/h1-2,5,8H,3-4,11H2,(H,12,13);1H/t8-;/m0./s1. The Kier molecular flexibility index (Phi) is 3.55. The second-order valence-electron chi connectivity index (χ2n) is 3.30. The SMILES string of the molecule is Cl.N[C@H]1CCOc2ccc(C(=O)O)cc21. The molecule has 4 nitrogen and oxygen atoms in total. The Balaban J connectivity index is 0.00000112. The van der Waals surface area contributed by atoms with Crippen molar-refractivity contribution in [3.05, 3.63) is 29.3 Å². The molecule has 0 aromatic heterocycles. The lowest BCUT2D eigenvalue weighted by atomic mass is 9.99. The van der Waals surface area contributed by atoms with Gasteiger partial charge in [0.25, 0.3) is 0 Å². The van der Waals surface area contributed by atoms with Crippen LogP contribution in [0, 0.1) is 0 Å². The van der Waals surface area contributed by atoms with Crippen molar-refractivity contribution < 1.29 is 14.6 Å². The minimum absolute atomic E-state index is 0. The quantitative estimate of drug-likeness (QED) is 0.767. The van der Waals surface area contributed by atoms with Crippen LogP contribution in [0.3, 0.4) is 0 Å². The summed E-state index contributed by atoms with van der Waals surface area (Å²) in [6, 6.07) is 4.66. The maximum atomic E-state index is 10.7. The summed E-state index contributed by atoms with van der Waals surface area (Å²) in [7, 11) is 0. The predicted octanol–water partition coefficient (Wildman–Crippen LogP) is 1.59. The summed E-state index contributed by atoms with van der Waals surface area (Å²) >= 11 is 0. The van der Waals surface area contributed by atoms with Crippen molar-refractivity contribution in [2.75, 3.05) is 6.61 Å². The van der Waals surface area contributed by atoms with Crippen LogP contribution in [0.2, 0.25) is 0 Å². The number of benzene rings is 1. The van der Waals surface area contributed by atoms with E-state index in [1.807, 2.05) is 0 Å². The van der Waals surface area contributed by atoms with Crippen molar-refractivity contribution >= 4 is 18.4 Å². The largest absolute Gasteiger partial charge is 0.493 e. The summed E-state index contributed by atoms with van der Waals surface area (Å²) in [6.07, 6.45) is 0.732. The second-order valence-corrected chi connectivity index (χ2v) is 3.30. The van der Waals surface area contributed by atoms with Crippen LogP contribution in [0.4, 0.5) is 0 Å². The third-order valence-electron chi connectivity index (χ3n) is 2.34. The van der Waals surface area contributed by atoms with E-state index in [2.05, 4.69) is 0 Å². The zero-order valence-electron chi connectivity index (χ0n) is 7.97. The van der Waals surface area contributed by atoms with Crippen LogP contribution in [0.25, 0.3) is 0 Å². The highest BCUT2D eigenvalue weighted by Gasteiger charge is 2.19. The Labute approximate surface area is 93.4 Å². The van der Waals surface area contributed by atoms with Crippen molar-refractivity contribution in [1.82, 2.24) is 0 Å². The van der Waals surface area contributed by atoms with Gasteiger partial charge < -0.3 is 15.6 Å². The van der Waals surface area contributed by atoms with Crippen LogP contribution in [0.1, 0.15) is 28.4 Å². The maximum Gasteiger partial charge on any atom is 0.335 e. The molecule has 3 N–H and O–H groups in total. The molecule has 0 spiro atoms. The first kappa shape index (κ1) is 11.8. The minimum atomic E-state index is -0.939. The average molecular weight is 230 g/mol. The Morgan fingerprint density at radius 2 is 2.27 bits per heavy atom. The fourth-order valence-electron chi connectivity index (χ4n) is 1.55. The van der Waals surface area contributed by atoms with E-state index in [0.29, 0.717) is 12.4 Å². The molecule has 5 heteroatoms. The molecule has 0 radical (unpaired) electrons.